The van der Waals surface area contributed by atoms with Crippen molar-refractivity contribution < 1.29 is 33.6 Å². The van der Waals surface area contributed by atoms with Gasteiger partial charge in [-0.2, -0.15) is 15.1 Å². The second-order valence-electron chi connectivity index (χ2n) is 18.1. The summed E-state index contributed by atoms with van der Waals surface area (Å²) in [5.41, 5.74) is 6.02. The van der Waals surface area contributed by atoms with Crippen molar-refractivity contribution in [3.63, 3.8) is 0 Å². The van der Waals surface area contributed by atoms with Crippen molar-refractivity contribution in [1.29, 1.82) is 5.41 Å². The van der Waals surface area contributed by atoms with Gasteiger partial charge >= 0.3 is 12.0 Å². The number of benzene rings is 3. The Kier molecular flexibility index (Phi) is 13.5. The number of halogens is 1. The monoisotopic (exact) mass is 1030 g/mol. The van der Waals surface area contributed by atoms with Crippen LogP contribution in [-0.4, -0.2) is 99.9 Å². The number of ether oxygens (including phenoxy) is 5. The number of aryl methyl sites for hydroxylation is 1. The molecule has 3 atom stereocenters. The van der Waals surface area contributed by atoms with Crippen LogP contribution < -0.4 is 25.0 Å². The predicted molar refractivity (Wildman–Crippen MR) is 266 cm³/mol. The highest BCUT2D eigenvalue weighted by Crippen LogP contribution is 2.53. The maximum atomic E-state index is 13.6. The second-order valence-corrected chi connectivity index (χ2v) is 20.1. The van der Waals surface area contributed by atoms with Gasteiger partial charge in [0.1, 0.15) is 29.6 Å². The van der Waals surface area contributed by atoms with Gasteiger partial charge in [0.25, 0.3) is 5.56 Å². The average molecular weight is 1030 g/mol. The standard InChI is InChI=1S/C48H56IN8O8P/c1-6-63-46(59)42(26(2)3)57-22-35-31-11-8-28(19-37(31)51-45(58)41(35)54-57)23-64-43-39(38-27(4)7-12-36(55-66-49)34(38)21-50)32(29-9-10-29)20-33-40(43)52-47(65-30-13-16-61-17-14-30)53-44(33)56-15-18-62-25-48(5,60)24-56/h7-8,11-12,19-22,26,29-30,42,50,55,60,66H,6,9-10,13-18,23-25H2,1-5H3,(H,51,58). The number of aromatic nitrogens is 5. The minimum atomic E-state index is -1.14. The summed E-state index contributed by atoms with van der Waals surface area (Å²) in [5, 5.41) is 30.5. The number of pyridine rings is 1. The molecule has 16 nitrogen and oxygen atoms in total. The lowest BCUT2D eigenvalue weighted by atomic mass is 9.87. The molecular weight excluding hydrogens is 974 g/mol. The van der Waals surface area contributed by atoms with Gasteiger partial charge in [0.15, 0.2) is 17.3 Å². The predicted octanol–water partition coefficient (Wildman–Crippen LogP) is 8.51. The summed E-state index contributed by atoms with van der Waals surface area (Å²) >= 11 is 2.31. The Morgan fingerprint density at radius 2 is 1.88 bits per heavy atom. The second kappa shape index (κ2) is 19.3. The molecule has 1 aliphatic carbocycles. The van der Waals surface area contributed by atoms with Gasteiger partial charge in [0, 0.05) is 76.7 Å². The topological polar surface area (TPSA) is 199 Å². The van der Waals surface area contributed by atoms with Gasteiger partial charge in [0.05, 0.1) is 39.6 Å². The largest absolute Gasteiger partial charge is 0.486 e. The summed E-state index contributed by atoms with van der Waals surface area (Å²) in [7, 11) is 0. The molecular formula is C48H56IN8O8P. The zero-order valence-electron chi connectivity index (χ0n) is 37.8. The van der Waals surface area contributed by atoms with Gasteiger partial charge in [-0.25, -0.2) is 4.79 Å². The maximum Gasteiger partial charge on any atom is 0.331 e. The smallest absolute Gasteiger partial charge is 0.331 e. The highest BCUT2D eigenvalue weighted by molar-refractivity contribution is 14.2. The van der Waals surface area contributed by atoms with E-state index in [-0.39, 0.29) is 61.4 Å². The van der Waals surface area contributed by atoms with Crippen molar-refractivity contribution in [2.45, 2.75) is 90.6 Å². The number of β-amino-alcohol motifs (C(OH)–C–C–N with tert-alkyl or cyclic N) is 1. The van der Waals surface area contributed by atoms with E-state index in [0.29, 0.717) is 73.6 Å². The van der Waals surface area contributed by atoms with Crippen LogP contribution in [0.5, 0.6) is 11.8 Å². The van der Waals surface area contributed by atoms with E-state index in [0.717, 1.165) is 62.7 Å². The molecule has 6 aromatic rings. The van der Waals surface area contributed by atoms with Crippen molar-refractivity contribution in [3.05, 3.63) is 75.2 Å². The minimum absolute atomic E-state index is 0.0948. The van der Waals surface area contributed by atoms with Crippen molar-refractivity contribution in [3.8, 4) is 22.9 Å². The third-order valence-corrected chi connectivity index (χ3v) is 13.7. The van der Waals surface area contributed by atoms with E-state index < -0.39 is 17.6 Å². The first-order valence-corrected chi connectivity index (χ1v) is 26.8. The molecule has 18 heteroatoms. The summed E-state index contributed by atoms with van der Waals surface area (Å²) in [4.78, 5) is 42.1. The molecule has 2 aliphatic heterocycles. The number of esters is 1. The molecule has 0 amide bonds. The SMILES string of the molecule is CCOC(=O)C(C(C)C)n1cc2c(n1)c(=O)[nH]c1cc(COc3c(-c4c(C)ccc(NPI)c4C=N)c(C4CC4)cc4c(N5CCOCC(C)(O)C5)nc(OC5CCOCC5)nc34)ccc12. The summed E-state index contributed by atoms with van der Waals surface area (Å²) in [5.74, 6) is 0.836. The Morgan fingerprint density at radius 1 is 1.08 bits per heavy atom. The molecule has 66 heavy (non-hydrogen) atoms. The van der Waals surface area contributed by atoms with Crippen LogP contribution in [0, 0.1) is 18.3 Å². The molecule has 5 heterocycles. The molecule has 0 radical (unpaired) electrons. The maximum absolute atomic E-state index is 13.6. The Bertz CT molecular complexity index is 2880. The van der Waals surface area contributed by atoms with Gasteiger partial charge in [-0.3, -0.25) is 9.48 Å². The van der Waals surface area contributed by atoms with Crippen molar-refractivity contribution in [2.24, 2.45) is 5.92 Å². The molecule has 3 aromatic heterocycles. The molecule has 2 saturated heterocycles. The third kappa shape index (κ3) is 9.33. The molecule has 3 fully saturated rings. The number of nitrogens with zero attached hydrogens (tertiary/aromatic N) is 5. The third-order valence-electron chi connectivity index (χ3n) is 12.6. The number of carbonyl (C=O) groups is 1. The first-order chi connectivity index (χ1) is 31.9. The number of rotatable bonds is 15. The number of hydrogen-bond acceptors (Lipinski definition) is 14. The van der Waals surface area contributed by atoms with Crippen LogP contribution in [0.15, 0.2) is 47.4 Å². The summed E-state index contributed by atoms with van der Waals surface area (Å²) in [6.07, 6.45) is 6.75. The fourth-order valence-corrected chi connectivity index (χ4v) is 10.5. The van der Waals surface area contributed by atoms with E-state index in [2.05, 4.69) is 61.2 Å². The molecule has 4 N–H and O–H groups in total. The van der Waals surface area contributed by atoms with Gasteiger partial charge in [0.2, 0.25) is 0 Å². The van der Waals surface area contributed by atoms with E-state index in [1.807, 2.05) is 38.1 Å². The van der Waals surface area contributed by atoms with Crippen molar-refractivity contribution in [2.75, 3.05) is 56.1 Å². The normalized spacial score (nSPS) is 18.9. The Balaban J connectivity index is 1.23. The Hall–Kier alpha value is -4.94. The zero-order chi connectivity index (χ0) is 46.3. The number of aromatic amines is 1. The highest BCUT2D eigenvalue weighted by Gasteiger charge is 2.36. The van der Waals surface area contributed by atoms with Crippen LogP contribution in [0.3, 0.4) is 0 Å². The van der Waals surface area contributed by atoms with Crippen LogP contribution in [-0.2, 0) is 25.6 Å². The summed E-state index contributed by atoms with van der Waals surface area (Å²) in [6, 6.07) is 11.6. The number of aliphatic hydroxyl groups is 1. The molecule has 3 unspecified atom stereocenters. The lowest BCUT2D eigenvalue weighted by molar-refractivity contribution is -0.148. The fraction of sp³-hybridized carbons (Fsp3) is 0.458. The molecule has 3 aromatic carbocycles. The molecule has 0 bridgehead atoms. The van der Waals surface area contributed by atoms with Crippen LogP contribution in [0.1, 0.15) is 87.6 Å². The van der Waals surface area contributed by atoms with Crippen molar-refractivity contribution in [1.82, 2.24) is 24.7 Å². The van der Waals surface area contributed by atoms with E-state index in [1.165, 1.54) is 6.21 Å². The number of fused-ring (bicyclic) bond motifs is 4. The number of hydrogen-bond donors (Lipinski definition) is 4. The van der Waals surface area contributed by atoms with E-state index in [9.17, 15) is 14.7 Å². The number of carbonyl (C=O) groups excluding carboxylic acids is 1. The lowest BCUT2D eigenvalue weighted by Crippen LogP contribution is -2.42. The summed E-state index contributed by atoms with van der Waals surface area (Å²) in [6.45, 7) is 12.3. The van der Waals surface area contributed by atoms with Gasteiger partial charge < -0.3 is 49.2 Å². The zero-order valence-corrected chi connectivity index (χ0v) is 41.0. The van der Waals surface area contributed by atoms with E-state index in [1.54, 1.807) is 24.7 Å². The van der Waals surface area contributed by atoms with Gasteiger partial charge in [-0.1, -0.05) is 32.0 Å². The number of H-pyrrole nitrogens is 1. The average Bonchev–Trinajstić information content (AvgIpc) is 4.08. The molecule has 0 spiro atoms. The number of nitrogens with one attached hydrogen (secondary N) is 3. The lowest BCUT2D eigenvalue weighted by Gasteiger charge is -2.30. The molecule has 3 aliphatic rings. The van der Waals surface area contributed by atoms with E-state index in [4.69, 9.17) is 39.1 Å². The van der Waals surface area contributed by atoms with Gasteiger partial charge in [-0.15, -0.1) is 0 Å². The minimum Gasteiger partial charge on any atom is -0.486 e. The molecule has 348 valence electrons. The molecule has 1 saturated carbocycles. The Labute approximate surface area is 397 Å². The quantitative estimate of drug-likeness (QED) is 0.0331. The first-order valence-electron chi connectivity index (χ1n) is 22.6. The number of anilines is 2. The fourth-order valence-electron chi connectivity index (χ4n) is 9.29. The van der Waals surface area contributed by atoms with Crippen LogP contribution in [0.4, 0.5) is 11.5 Å². The molecule has 9 rings (SSSR count). The van der Waals surface area contributed by atoms with Crippen LogP contribution in [0.2, 0.25) is 0 Å². The van der Waals surface area contributed by atoms with Crippen LogP contribution in [0.25, 0.3) is 43.8 Å². The van der Waals surface area contributed by atoms with Crippen molar-refractivity contribution >= 4 is 84.8 Å². The van der Waals surface area contributed by atoms with Crippen LogP contribution >= 0.6 is 28.4 Å². The summed E-state index contributed by atoms with van der Waals surface area (Å²) < 4.78 is 32.2. The Morgan fingerprint density at radius 3 is 2.61 bits per heavy atom. The first kappa shape index (κ1) is 46.2. The van der Waals surface area contributed by atoms with E-state index >= 15 is 0 Å². The van der Waals surface area contributed by atoms with Gasteiger partial charge in [-0.05, 0) is 108 Å². The highest BCUT2D eigenvalue weighted by atomic mass is 127.